The van der Waals surface area contributed by atoms with Crippen LogP contribution in [0, 0.1) is 5.92 Å². The first-order valence-corrected chi connectivity index (χ1v) is 14.7. The molecule has 0 saturated carbocycles. The molecule has 4 rings (SSSR count). The molecule has 2 aromatic heterocycles. The van der Waals surface area contributed by atoms with Crippen molar-refractivity contribution < 1.29 is 14.4 Å². The van der Waals surface area contributed by atoms with Gasteiger partial charge < -0.3 is 27.4 Å². The Bertz CT molecular complexity index is 1380. The van der Waals surface area contributed by atoms with Crippen LogP contribution in [0.25, 0.3) is 10.1 Å². The maximum absolute atomic E-state index is 13.5. The van der Waals surface area contributed by atoms with Gasteiger partial charge in [0, 0.05) is 53.6 Å². The van der Waals surface area contributed by atoms with Gasteiger partial charge in [-0.05, 0) is 42.8 Å². The van der Waals surface area contributed by atoms with Gasteiger partial charge in [0.1, 0.15) is 10.7 Å². The molecule has 3 aromatic rings. The highest BCUT2D eigenvalue weighted by molar-refractivity contribution is 7.20. The summed E-state index contributed by atoms with van der Waals surface area (Å²) in [5, 5.41) is 6.58. The lowest BCUT2D eigenvalue weighted by atomic mass is 9.94. The number of Topliss-reactive ketones (excluding diaryl/α,β-unsaturated/α-hetero) is 1. The number of unbranched alkanes of at least 4 members (excludes halogenated alkanes) is 1. The number of fused-ring (bicyclic) bond motifs is 1. The van der Waals surface area contributed by atoms with Crippen molar-refractivity contribution in [1.29, 1.82) is 0 Å². The second-order valence-electron chi connectivity index (χ2n) is 9.57. The molecule has 1 saturated heterocycles. The first kappa shape index (κ1) is 28.9. The van der Waals surface area contributed by atoms with Gasteiger partial charge in [-0.25, -0.2) is 4.98 Å². The van der Waals surface area contributed by atoms with Crippen LogP contribution in [0.4, 0.5) is 0 Å². The molecule has 3 atom stereocenters. The zero-order valence-corrected chi connectivity index (χ0v) is 24.0. The number of likely N-dealkylation sites (tertiary alicyclic amines) is 1. The Labute approximate surface area is 239 Å². The lowest BCUT2D eigenvalue weighted by Gasteiger charge is -2.22. The summed E-state index contributed by atoms with van der Waals surface area (Å²) in [5.41, 5.74) is 17.3. The number of hydrogen-bond donors (Lipinski definition) is 4. The van der Waals surface area contributed by atoms with E-state index in [1.807, 2.05) is 18.2 Å². The normalized spacial score (nSPS) is 17.8. The van der Waals surface area contributed by atoms with Gasteiger partial charge in [-0.2, -0.15) is 0 Å². The molecule has 1 aromatic carbocycles. The van der Waals surface area contributed by atoms with Crippen molar-refractivity contribution in [3.05, 3.63) is 50.2 Å². The van der Waals surface area contributed by atoms with E-state index in [-0.39, 0.29) is 42.1 Å². The summed E-state index contributed by atoms with van der Waals surface area (Å²) in [7, 11) is 1.56. The highest BCUT2D eigenvalue weighted by Gasteiger charge is 2.37. The van der Waals surface area contributed by atoms with Crippen LogP contribution in [-0.2, 0) is 4.79 Å². The number of guanidine groups is 1. The Hall–Kier alpha value is -3.06. The molecule has 1 aliphatic rings. The van der Waals surface area contributed by atoms with E-state index in [4.69, 9.17) is 28.8 Å². The number of aromatic nitrogens is 1. The van der Waals surface area contributed by atoms with Gasteiger partial charge in [0.2, 0.25) is 5.91 Å². The average Bonchev–Trinajstić information content (AvgIpc) is 3.64. The molecular formula is C26H32ClN7O3S2. The number of amides is 2. The molecule has 0 bridgehead atoms. The Morgan fingerprint density at radius 2 is 2.05 bits per heavy atom. The maximum atomic E-state index is 13.5. The highest BCUT2D eigenvalue weighted by Crippen LogP contribution is 2.37. The van der Waals surface area contributed by atoms with Crippen molar-refractivity contribution in [2.75, 3.05) is 20.1 Å². The van der Waals surface area contributed by atoms with Gasteiger partial charge in [-0.15, -0.1) is 22.7 Å². The van der Waals surface area contributed by atoms with Crippen LogP contribution in [-0.4, -0.2) is 59.6 Å². The van der Waals surface area contributed by atoms with E-state index in [9.17, 15) is 14.4 Å². The fourth-order valence-electron chi connectivity index (χ4n) is 4.72. The number of carbonyl (C=O) groups excluding carboxylic acids is 3. The molecule has 10 nitrogen and oxygen atoms in total. The zero-order chi connectivity index (χ0) is 28.1. The van der Waals surface area contributed by atoms with Crippen LogP contribution in [0.5, 0.6) is 0 Å². The third kappa shape index (κ3) is 7.13. The lowest BCUT2D eigenvalue weighted by Crippen LogP contribution is -2.32. The number of hydrogen-bond acceptors (Lipinski definition) is 8. The van der Waals surface area contributed by atoms with Crippen LogP contribution >= 0.6 is 34.3 Å². The molecule has 208 valence electrons. The minimum Gasteiger partial charge on any atom is -0.370 e. The first-order valence-electron chi connectivity index (χ1n) is 12.7. The minimum atomic E-state index is -0.480. The number of nitrogens with zero attached hydrogens (tertiary/aromatic N) is 3. The third-order valence-corrected chi connectivity index (χ3v) is 8.95. The fourth-order valence-corrected chi connectivity index (χ4v) is 6.96. The highest BCUT2D eigenvalue weighted by atomic mass is 35.5. The standard InChI is InChI=1S/C26H32ClN7O3S2/c1-31-23(36)15(4-2-3-7-32-26(29)30)8-20(35)18-13-38-24(33-18)19-11-17(28)12-34(19)25(37)22-9-14-5-6-16(27)10-21(14)39-22/h5-6,9-10,13,15,17,19H,2-4,7-8,11-12,28H2,1H3,(H,31,36)(H4,29,30,32)/t15-,17-,19+/m1/s1. The van der Waals surface area contributed by atoms with Gasteiger partial charge >= 0.3 is 0 Å². The Balaban J connectivity index is 1.44. The van der Waals surface area contributed by atoms with Crippen molar-refractivity contribution in [3.8, 4) is 0 Å². The quantitative estimate of drug-likeness (QED) is 0.115. The van der Waals surface area contributed by atoms with E-state index in [1.165, 1.54) is 22.7 Å². The predicted octanol–water partition coefficient (Wildman–Crippen LogP) is 3.30. The first-order chi connectivity index (χ1) is 18.7. The van der Waals surface area contributed by atoms with Crippen LogP contribution in [0.1, 0.15) is 63.3 Å². The molecule has 7 N–H and O–H groups in total. The molecular weight excluding hydrogens is 558 g/mol. The molecule has 0 radical (unpaired) electrons. The largest absolute Gasteiger partial charge is 0.370 e. The predicted molar refractivity (Wildman–Crippen MR) is 156 cm³/mol. The van der Waals surface area contributed by atoms with Crippen molar-refractivity contribution >= 4 is 67.9 Å². The molecule has 1 fully saturated rings. The third-order valence-electron chi connectivity index (χ3n) is 6.68. The van der Waals surface area contributed by atoms with E-state index in [0.717, 1.165) is 10.1 Å². The molecule has 0 spiro atoms. The number of benzene rings is 1. The van der Waals surface area contributed by atoms with Crippen molar-refractivity contribution in [1.82, 2.24) is 15.2 Å². The summed E-state index contributed by atoms with van der Waals surface area (Å²) in [6.45, 7) is 0.875. The van der Waals surface area contributed by atoms with E-state index in [1.54, 1.807) is 23.4 Å². The Morgan fingerprint density at radius 3 is 2.79 bits per heavy atom. The monoisotopic (exact) mass is 589 g/mol. The molecule has 13 heteroatoms. The van der Waals surface area contributed by atoms with E-state index >= 15 is 0 Å². The number of thiophene rings is 1. The summed E-state index contributed by atoms with van der Waals surface area (Å²) in [6.07, 6.45) is 2.54. The van der Waals surface area contributed by atoms with Crippen molar-refractivity contribution in [3.63, 3.8) is 0 Å². The molecule has 39 heavy (non-hydrogen) atoms. The number of rotatable bonds is 11. The van der Waals surface area contributed by atoms with Crippen LogP contribution in [0.15, 0.2) is 34.6 Å². The van der Waals surface area contributed by atoms with E-state index in [0.29, 0.717) is 59.4 Å². The minimum absolute atomic E-state index is 0.0320. The topological polar surface area (TPSA) is 170 Å². The van der Waals surface area contributed by atoms with Crippen molar-refractivity contribution in [2.45, 2.75) is 44.2 Å². The van der Waals surface area contributed by atoms with E-state index < -0.39 is 5.92 Å². The SMILES string of the molecule is CNC(=O)[C@H](CCCCN=C(N)N)CC(=O)c1csc([C@@H]2C[C@@H](N)CN2C(=O)c2cc3ccc(Cl)cc3s2)n1. The zero-order valence-electron chi connectivity index (χ0n) is 21.6. The van der Waals surface area contributed by atoms with Gasteiger partial charge in [-0.1, -0.05) is 24.1 Å². The summed E-state index contributed by atoms with van der Waals surface area (Å²) in [5.74, 6) is -0.967. The lowest BCUT2D eigenvalue weighted by molar-refractivity contribution is -0.124. The van der Waals surface area contributed by atoms with Crippen LogP contribution < -0.4 is 22.5 Å². The van der Waals surface area contributed by atoms with E-state index in [2.05, 4.69) is 15.3 Å². The van der Waals surface area contributed by atoms with Gasteiger partial charge in [0.25, 0.3) is 5.91 Å². The summed E-state index contributed by atoms with van der Waals surface area (Å²) >= 11 is 8.84. The maximum Gasteiger partial charge on any atom is 0.264 e. The summed E-state index contributed by atoms with van der Waals surface area (Å²) in [6, 6.07) is 6.90. The smallest absolute Gasteiger partial charge is 0.264 e. The van der Waals surface area contributed by atoms with Crippen LogP contribution in [0.2, 0.25) is 5.02 Å². The molecule has 2 amide bonds. The van der Waals surface area contributed by atoms with Gasteiger partial charge in [0.05, 0.1) is 10.9 Å². The average molecular weight is 590 g/mol. The number of aliphatic imine (C=N–C) groups is 1. The Kier molecular flexibility index (Phi) is 9.54. The number of halogens is 1. The summed E-state index contributed by atoms with van der Waals surface area (Å²) < 4.78 is 0.940. The molecule has 0 aliphatic carbocycles. The van der Waals surface area contributed by atoms with Crippen molar-refractivity contribution in [2.24, 2.45) is 28.1 Å². The number of carbonyl (C=O) groups is 3. The molecule has 3 heterocycles. The second kappa shape index (κ2) is 12.9. The Morgan fingerprint density at radius 1 is 1.26 bits per heavy atom. The number of nitrogens with one attached hydrogen (secondary N) is 1. The number of ketones is 1. The molecule has 1 aliphatic heterocycles. The van der Waals surface area contributed by atoms with Crippen LogP contribution in [0.3, 0.4) is 0 Å². The van der Waals surface area contributed by atoms with Gasteiger partial charge in [-0.3, -0.25) is 19.4 Å². The second-order valence-corrected chi connectivity index (χ2v) is 12.0. The summed E-state index contributed by atoms with van der Waals surface area (Å²) in [4.78, 5) is 49.9. The number of thiazole rings is 1. The molecule has 0 unspecified atom stereocenters. The van der Waals surface area contributed by atoms with Gasteiger partial charge in [0.15, 0.2) is 11.7 Å². The number of nitrogens with two attached hydrogens (primary N) is 3. The fraction of sp³-hybridized carbons (Fsp3) is 0.423.